The van der Waals surface area contributed by atoms with Crippen molar-refractivity contribution in [1.29, 1.82) is 0 Å². The van der Waals surface area contributed by atoms with E-state index in [2.05, 4.69) is 22.4 Å². The molecule has 1 aromatic carbocycles. The lowest BCUT2D eigenvalue weighted by Crippen LogP contribution is -2.48. The zero-order valence-electron chi connectivity index (χ0n) is 20.6. The summed E-state index contributed by atoms with van der Waals surface area (Å²) in [6.07, 6.45) is 6.51. The van der Waals surface area contributed by atoms with Crippen molar-refractivity contribution in [2.24, 2.45) is 11.8 Å². The fourth-order valence-electron chi connectivity index (χ4n) is 6.38. The molecule has 1 amide bonds. The Labute approximate surface area is 206 Å². The Hall–Kier alpha value is -2.90. The Morgan fingerprint density at radius 3 is 2.80 bits per heavy atom. The van der Waals surface area contributed by atoms with Crippen molar-refractivity contribution < 1.29 is 14.6 Å². The molecule has 1 aliphatic carbocycles. The molecule has 3 aliphatic rings. The minimum Gasteiger partial charge on any atom is -0.497 e. The van der Waals surface area contributed by atoms with Gasteiger partial charge in [-0.05, 0) is 67.6 Å². The number of carbonyl (C=O) groups is 1. The number of hydrogen-bond donors (Lipinski definition) is 2. The maximum absolute atomic E-state index is 13.5. The van der Waals surface area contributed by atoms with Gasteiger partial charge < -0.3 is 19.7 Å². The van der Waals surface area contributed by atoms with Crippen molar-refractivity contribution in [3.8, 4) is 5.75 Å². The molecule has 5 rings (SSSR count). The Morgan fingerprint density at radius 1 is 1.23 bits per heavy atom. The average molecular weight is 478 g/mol. The number of benzene rings is 1. The predicted molar refractivity (Wildman–Crippen MR) is 135 cm³/mol. The molecule has 2 aromatic rings. The lowest BCUT2D eigenvalue weighted by atomic mass is 9.88. The van der Waals surface area contributed by atoms with E-state index in [1.807, 2.05) is 41.8 Å². The van der Waals surface area contributed by atoms with E-state index in [9.17, 15) is 14.7 Å². The Morgan fingerprint density at radius 2 is 2.09 bits per heavy atom. The van der Waals surface area contributed by atoms with Crippen LogP contribution in [0.1, 0.15) is 55.5 Å². The number of amides is 1. The number of likely N-dealkylation sites (tertiary alicyclic amines) is 1. The maximum atomic E-state index is 13.5. The maximum Gasteiger partial charge on any atom is 0.258 e. The van der Waals surface area contributed by atoms with Crippen molar-refractivity contribution in [2.45, 2.75) is 57.8 Å². The number of rotatable bonds is 7. The normalized spacial score (nSPS) is 25.6. The van der Waals surface area contributed by atoms with Gasteiger partial charge in [-0.3, -0.25) is 14.5 Å². The molecule has 4 atom stereocenters. The quantitative estimate of drug-likeness (QED) is 0.640. The van der Waals surface area contributed by atoms with Crippen LogP contribution in [0.25, 0.3) is 5.57 Å². The summed E-state index contributed by atoms with van der Waals surface area (Å²) in [5, 5.41) is 13.5. The summed E-state index contributed by atoms with van der Waals surface area (Å²) < 4.78 is 7.18. The number of methoxy groups -OCH3 is 1. The van der Waals surface area contributed by atoms with Gasteiger partial charge in [-0.1, -0.05) is 25.1 Å². The van der Waals surface area contributed by atoms with Crippen LogP contribution in [0.3, 0.4) is 0 Å². The molecular formula is C28H35N3O4. The van der Waals surface area contributed by atoms with Crippen molar-refractivity contribution in [3.63, 3.8) is 0 Å². The lowest BCUT2D eigenvalue weighted by Gasteiger charge is -2.29. The van der Waals surface area contributed by atoms with Crippen LogP contribution in [0, 0.1) is 11.8 Å². The number of allylic oxidation sites excluding steroid dienone is 2. The summed E-state index contributed by atoms with van der Waals surface area (Å²) in [7, 11) is 1.62. The molecule has 35 heavy (non-hydrogen) atoms. The van der Waals surface area contributed by atoms with Crippen LogP contribution < -0.4 is 15.6 Å². The minimum absolute atomic E-state index is 0.0239. The molecular weight excluding hydrogens is 442 g/mol. The van der Waals surface area contributed by atoms with Crippen molar-refractivity contribution in [3.05, 3.63) is 69.6 Å². The highest BCUT2D eigenvalue weighted by molar-refractivity contribution is 5.83. The Bertz CT molecular complexity index is 1190. The van der Waals surface area contributed by atoms with Gasteiger partial charge in [0.25, 0.3) is 5.56 Å². The second-order valence-electron chi connectivity index (χ2n) is 9.86. The predicted octanol–water partition coefficient (Wildman–Crippen LogP) is 3.11. The van der Waals surface area contributed by atoms with E-state index < -0.39 is 6.04 Å². The number of aliphatic hydroxyl groups excluding tert-OH is 1. The third-order valence-electron chi connectivity index (χ3n) is 8.06. The van der Waals surface area contributed by atoms with Crippen molar-refractivity contribution in [2.75, 3.05) is 20.3 Å². The fourth-order valence-corrected chi connectivity index (χ4v) is 6.38. The minimum atomic E-state index is -0.435. The van der Waals surface area contributed by atoms with E-state index in [1.54, 1.807) is 7.11 Å². The number of pyridine rings is 1. The molecule has 186 valence electrons. The molecule has 3 heterocycles. The van der Waals surface area contributed by atoms with Crippen LogP contribution in [0.5, 0.6) is 5.75 Å². The molecule has 0 bridgehead atoms. The van der Waals surface area contributed by atoms with E-state index in [0.29, 0.717) is 19.6 Å². The molecule has 7 nitrogen and oxygen atoms in total. The molecule has 0 spiro atoms. The topological polar surface area (TPSA) is 83.8 Å². The number of carbonyl (C=O) groups excluding carboxylic acids is 1. The zero-order chi connectivity index (χ0) is 24.5. The lowest BCUT2D eigenvalue weighted by molar-refractivity contribution is -0.127. The second-order valence-corrected chi connectivity index (χ2v) is 9.86. The zero-order valence-corrected chi connectivity index (χ0v) is 20.6. The van der Waals surface area contributed by atoms with Gasteiger partial charge in [0, 0.05) is 42.8 Å². The number of fused-ring (bicyclic) bond motifs is 3. The Balaban J connectivity index is 1.40. The van der Waals surface area contributed by atoms with Gasteiger partial charge in [-0.2, -0.15) is 0 Å². The fraction of sp³-hybridized carbons (Fsp3) is 0.500. The van der Waals surface area contributed by atoms with Crippen molar-refractivity contribution in [1.82, 2.24) is 14.8 Å². The first-order valence-electron chi connectivity index (χ1n) is 12.8. The van der Waals surface area contributed by atoms with E-state index in [1.165, 1.54) is 6.42 Å². The molecule has 1 fully saturated rings. The summed E-state index contributed by atoms with van der Waals surface area (Å²) >= 11 is 0. The molecule has 1 saturated heterocycles. The van der Waals surface area contributed by atoms with Gasteiger partial charge in [0.15, 0.2) is 0 Å². The van der Waals surface area contributed by atoms with Crippen molar-refractivity contribution >= 4 is 11.5 Å². The highest BCUT2D eigenvalue weighted by Gasteiger charge is 2.55. The summed E-state index contributed by atoms with van der Waals surface area (Å²) in [6, 6.07) is 11.2. The van der Waals surface area contributed by atoms with Crippen LogP contribution >= 0.6 is 0 Å². The second kappa shape index (κ2) is 9.99. The molecule has 2 aliphatic heterocycles. The third-order valence-corrected chi connectivity index (χ3v) is 8.06. The van der Waals surface area contributed by atoms with Gasteiger partial charge >= 0.3 is 0 Å². The first kappa shape index (κ1) is 23.8. The molecule has 0 radical (unpaired) electrons. The van der Waals surface area contributed by atoms with E-state index in [4.69, 9.17) is 4.74 Å². The van der Waals surface area contributed by atoms with Crippen LogP contribution in [0.2, 0.25) is 0 Å². The summed E-state index contributed by atoms with van der Waals surface area (Å²) in [5.74, 6) is 0.458. The van der Waals surface area contributed by atoms with Crippen LogP contribution in [-0.4, -0.2) is 46.8 Å². The molecule has 7 heteroatoms. The number of aromatic nitrogens is 1. The van der Waals surface area contributed by atoms with Gasteiger partial charge in [-0.15, -0.1) is 0 Å². The van der Waals surface area contributed by atoms with E-state index >= 15 is 0 Å². The van der Waals surface area contributed by atoms with Gasteiger partial charge in [0.2, 0.25) is 5.91 Å². The standard InChI is InChI=1S/C28H35N3O4/c1-3-30-25-22(16-31-24(25)13-12-21(28(31)34)19-9-5-4-6-10-19)23(17-32)26(30)27(33)29-15-18-8-7-11-20(14-18)35-2/h7-9,11-14,22-23,25-26,32H,3-6,10,15-17H2,1-2H3,(H,29,33)/t22-,23-,25+,26-/m1/s1. The monoisotopic (exact) mass is 477 g/mol. The molecule has 0 unspecified atom stereocenters. The summed E-state index contributed by atoms with van der Waals surface area (Å²) in [5.41, 5.74) is 3.96. The number of nitrogens with one attached hydrogen (secondary N) is 1. The SMILES string of the molecule is CCN1[C@@H]2c3ccc(C4=CCCCC4)c(=O)n3C[C@@H]2[C@@H](CO)[C@@H]1C(=O)NCc1cccc(OC)c1. The molecule has 0 saturated carbocycles. The van der Waals surface area contributed by atoms with Crippen LogP contribution in [-0.2, 0) is 17.9 Å². The highest BCUT2D eigenvalue weighted by Crippen LogP contribution is 2.49. The number of ether oxygens (including phenoxy) is 1. The smallest absolute Gasteiger partial charge is 0.258 e. The van der Waals surface area contributed by atoms with Crippen LogP contribution in [0.4, 0.5) is 0 Å². The number of hydrogen-bond acceptors (Lipinski definition) is 5. The van der Waals surface area contributed by atoms with Gasteiger partial charge in [0.05, 0.1) is 19.2 Å². The number of aliphatic hydroxyl groups is 1. The van der Waals surface area contributed by atoms with E-state index in [-0.39, 0.29) is 36.0 Å². The average Bonchev–Trinajstić information content (AvgIpc) is 3.43. The Kier molecular flexibility index (Phi) is 6.80. The van der Waals surface area contributed by atoms with Crippen LogP contribution in [0.15, 0.2) is 47.3 Å². The summed E-state index contributed by atoms with van der Waals surface area (Å²) in [4.78, 5) is 29.0. The van der Waals surface area contributed by atoms with Gasteiger partial charge in [0.1, 0.15) is 5.75 Å². The number of likely N-dealkylation sites (N-methyl/N-ethyl adjacent to an activating group) is 1. The molecule has 1 aromatic heterocycles. The first-order valence-corrected chi connectivity index (χ1v) is 12.8. The molecule has 2 N–H and O–H groups in total. The largest absolute Gasteiger partial charge is 0.497 e. The van der Waals surface area contributed by atoms with Gasteiger partial charge in [-0.25, -0.2) is 0 Å². The third kappa shape index (κ3) is 4.21. The summed E-state index contributed by atoms with van der Waals surface area (Å²) in [6.45, 7) is 3.56. The number of nitrogens with zero attached hydrogens (tertiary/aromatic N) is 2. The van der Waals surface area contributed by atoms with E-state index in [0.717, 1.165) is 47.4 Å². The first-order chi connectivity index (χ1) is 17.1. The highest BCUT2D eigenvalue weighted by atomic mass is 16.5.